The maximum Gasteiger partial charge on any atom is 0.312 e. The summed E-state index contributed by atoms with van der Waals surface area (Å²) in [4.78, 5) is 59.0. The van der Waals surface area contributed by atoms with Crippen LogP contribution in [0.15, 0.2) is 77.2 Å². The number of nitrogens with zero attached hydrogens (tertiary/aromatic N) is 1. The van der Waals surface area contributed by atoms with Crippen molar-refractivity contribution in [2.45, 2.75) is 85.6 Å². The van der Waals surface area contributed by atoms with Gasteiger partial charge in [0, 0.05) is 67.0 Å². The molecule has 0 saturated heterocycles. The van der Waals surface area contributed by atoms with Crippen LogP contribution in [-0.2, 0) is 23.8 Å². The number of phenolic OH excluding ortho intramolecular Hbond substituents is 1. The summed E-state index contributed by atoms with van der Waals surface area (Å²) in [7, 11) is 1.44. The van der Waals surface area contributed by atoms with Gasteiger partial charge in [-0.2, -0.15) is 0 Å². The number of ether oxygens (including phenoxy) is 4. The smallest absolute Gasteiger partial charge is 0.312 e. The third kappa shape index (κ3) is 8.16. The number of Topliss-reactive ketones (excluding diaryl/α,β-unsaturated/α-hetero) is 2. The highest BCUT2D eigenvalue weighted by atomic mass is 16.7. The van der Waals surface area contributed by atoms with Crippen molar-refractivity contribution in [1.29, 1.82) is 0 Å². The zero-order chi connectivity index (χ0) is 42.1. The van der Waals surface area contributed by atoms with E-state index in [0.717, 1.165) is 0 Å². The van der Waals surface area contributed by atoms with Crippen molar-refractivity contribution in [3.05, 3.63) is 94.4 Å². The number of aliphatic imine (C=N–C) groups is 1. The average Bonchev–Trinajstić information content (AvgIpc) is 3.44. The molecule has 4 aliphatic rings. The minimum absolute atomic E-state index is 0.0529. The standard InChI is InChI=1S/C43H51N3O11/c1-20-14-13-15-21(2)42(53)46-34-33(45-27-16-11-10-12-17-27)32(44)29-30(38(34)51)37(50)25(6)40-31(29)41(52)43(8,57-40)55-19-18-28(54-9)22(3)39(56-26(7)47)24(5)36(49)23(4)35(20)48/h10-20,22-24,28,35-36,39,45,48-50H,44H2,1-9H3. The minimum Gasteiger partial charge on any atom is -0.507 e. The number of nitrogens with two attached hydrogens (primary N) is 1. The molecule has 57 heavy (non-hydrogen) atoms. The Morgan fingerprint density at radius 1 is 0.947 bits per heavy atom. The third-order valence-electron chi connectivity index (χ3n) is 11.0. The number of benzene rings is 2. The van der Waals surface area contributed by atoms with Gasteiger partial charge in [0.1, 0.15) is 23.3 Å². The molecular formula is C43H51N3O11. The number of aliphatic hydroxyl groups is 2. The first-order valence-electron chi connectivity index (χ1n) is 18.7. The second kappa shape index (κ2) is 16.9. The molecule has 3 aliphatic heterocycles. The number of aliphatic hydroxyl groups excluding tert-OH is 2. The summed E-state index contributed by atoms with van der Waals surface area (Å²) in [5.41, 5.74) is 6.29. The van der Waals surface area contributed by atoms with E-state index in [-0.39, 0.29) is 45.0 Å². The number of carbonyl (C=O) groups excluding carboxylic acids is 4. The number of phenols is 1. The molecule has 2 aromatic carbocycles. The fourth-order valence-electron chi connectivity index (χ4n) is 7.49. The SMILES string of the molecule is COC1C=COC2(C)Oc3c(C)c(O)c4c(c3C2=O)C(N)=C(Nc2ccccc2)C(=NC(=O)C(C)=CC=CC(C)C(O)C(C)C(O)C(C)C(OC(C)=O)C1C)C4=O. The van der Waals surface area contributed by atoms with Crippen molar-refractivity contribution in [3.8, 4) is 11.5 Å². The van der Waals surface area contributed by atoms with E-state index in [1.165, 1.54) is 53.2 Å². The van der Waals surface area contributed by atoms with E-state index < -0.39 is 88.8 Å². The van der Waals surface area contributed by atoms with Crippen molar-refractivity contribution in [3.63, 3.8) is 0 Å². The van der Waals surface area contributed by atoms with Gasteiger partial charge in [0.25, 0.3) is 11.7 Å². The number of carbonyl (C=O) groups is 4. The van der Waals surface area contributed by atoms with Gasteiger partial charge in [0.15, 0.2) is 0 Å². The van der Waals surface area contributed by atoms with Gasteiger partial charge in [0.05, 0.1) is 47.1 Å². The van der Waals surface area contributed by atoms with E-state index in [2.05, 4.69) is 10.3 Å². The molecule has 9 atom stereocenters. The lowest BCUT2D eigenvalue weighted by Gasteiger charge is -2.38. The molecule has 1 amide bonds. The van der Waals surface area contributed by atoms with Crippen molar-refractivity contribution in [2.24, 2.45) is 34.4 Å². The van der Waals surface area contributed by atoms with Crippen LogP contribution in [-0.4, -0.2) is 81.8 Å². The van der Waals surface area contributed by atoms with Gasteiger partial charge in [-0.3, -0.25) is 19.2 Å². The number of anilines is 1. The molecule has 304 valence electrons. The molecule has 5 bridgehead atoms. The van der Waals surface area contributed by atoms with E-state index in [1.807, 2.05) is 0 Å². The molecule has 6 N–H and O–H groups in total. The summed E-state index contributed by atoms with van der Waals surface area (Å²) >= 11 is 0. The fourth-order valence-corrected chi connectivity index (χ4v) is 7.49. The van der Waals surface area contributed by atoms with Crippen LogP contribution < -0.4 is 15.8 Å². The maximum absolute atomic E-state index is 14.4. The average molecular weight is 786 g/mol. The van der Waals surface area contributed by atoms with Crippen LogP contribution in [0, 0.1) is 30.6 Å². The van der Waals surface area contributed by atoms with Crippen LogP contribution in [0.25, 0.3) is 5.70 Å². The molecule has 0 aromatic heterocycles. The van der Waals surface area contributed by atoms with Gasteiger partial charge >= 0.3 is 11.8 Å². The van der Waals surface area contributed by atoms with Crippen molar-refractivity contribution in [2.75, 3.05) is 12.4 Å². The Labute approximate surface area is 331 Å². The number of amides is 1. The van der Waals surface area contributed by atoms with E-state index in [4.69, 9.17) is 24.7 Å². The first-order chi connectivity index (χ1) is 26.8. The Kier molecular flexibility index (Phi) is 12.6. The summed E-state index contributed by atoms with van der Waals surface area (Å²) < 4.78 is 23.6. The number of allylic oxidation sites excluding steroid dienone is 3. The number of esters is 1. The van der Waals surface area contributed by atoms with Crippen molar-refractivity contribution < 1.29 is 53.4 Å². The van der Waals surface area contributed by atoms with Crippen LogP contribution >= 0.6 is 0 Å². The Hall–Kier alpha value is -5.57. The summed E-state index contributed by atoms with van der Waals surface area (Å²) in [6, 6.07) is 8.68. The van der Waals surface area contributed by atoms with E-state index >= 15 is 0 Å². The lowest BCUT2D eigenvalue weighted by molar-refractivity contribution is -0.160. The number of methoxy groups -OCH3 is 1. The number of rotatable bonds is 4. The summed E-state index contributed by atoms with van der Waals surface area (Å²) in [6.45, 7) is 12.5. The first kappa shape index (κ1) is 42.6. The normalized spacial score (nSPS) is 29.7. The van der Waals surface area contributed by atoms with E-state index in [0.29, 0.717) is 5.69 Å². The highest BCUT2D eigenvalue weighted by Gasteiger charge is 2.52. The summed E-state index contributed by atoms with van der Waals surface area (Å²) in [6.07, 6.45) is 3.54. The molecule has 2 aromatic rings. The molecule has 9 unspecified atom stereocenters. The number of fused-ring (bicyclic) bond motifs is 13. The Balaban J connectivity index is 1.71. The summed E-state index contributed by atoms with van der Waals surface area (Å²) in [5, 5.41) is 37.4. The first-order valence-corrected chi connectivity index (χ1v) is 18.7. The molecule has 14 heteroatoms. The van der Waals surface area contributed by atoms with Crippen LogP contribution in [0.2, 0.25) is 0 Å². The van der Waals surface area contributed by atoms with Gasteiger partial charge in [-0.25, -0.2) is 4.99 Å². The lowest BCUT2D eigenvalue weighted by Crippen LogP contribution is -2.46. The number of nitrogens with one attached hydrogen (secondary N) is 1. The predicted octanol–water partition coefficient (Wildman–Crippen LogP) is 5.15. The molecule has 3 heterocycles. The van der Waals surface area contributed by atoms with Gasteiger partial charge < -0.3 is 45.3 Å². The summed E-state index contributed by atoms with van der Waals surface area (Å²) in [5.74, 6) is -8.03. The number of aromatic hydroxyl groups is 1. The molecule has 1 aliphatic carbocycles. The van der Waals surface area contributed by atoms with Crippen LogP contribution in [0.1, 0.15) is 80.3 Å². The van der Waals surface area contributed by atoms with Crippen LogP contribution in [0.3, 0.4) is 0 Å². The zero-order valence-corrected chi connectivity index (χ0v) is 33.5. The molecule has 0 fully saturated rings. The van der Waals surface area contributed by atoms with Gasteiger partial charge in [-0.15, -0.1) is 0 Å². The van der Waals surface area contributed by atoms with Gasteiger partial charge in [-0.05, 0) is 32.1 Å². The number of ketones is 2. The van der Waals surface area contributed by atoms with E-state index in [9.17, 15) is 34.5 Å². The zero-order valence-electron chi connectivity index (χ0n) is 33.5. The largest absolute Gasteiger partial charge is 0.507 e. The Morgan fingerprint density at radius 3 is 2.25 bits per heavy atom. The molecule has 6 rings (SSSR count). The van der Waals surface area contributed by atoms with Crippen LogP contribution in [0.4, 0.5) is 5.69 Å². The quantitative estimate of drug-likeness (QED) is 0.254. The Morgan fingerprint density at radius 2 is 1.61 bits per heavy atom. The fraction of sp³-hybridized carbons (Fsp3) is 0.419. The van der Waals surface area contributed by atoms with Gasteiger partial charge in [-0.1, -0.05) is 64.1 Å². The number of para-hydroxylation sites is 1. The van der Waals surface area contributed by atoms with E-state index in [1.54, 1.807) is 70.2 Å². The lowest BCUT2D eigenvalue weighted by atomic mass is 9.78. The maximum atomic E-state index is 14.4. The second-order valence-corrected chi connectivity index (χ2v) is 15.1. The van der Waals surface area contributed by atoms with Gasteiger partial charge in [0.2, 0.25) is 5.78 Å². The highest BCUT2D eigenvalue weighted by Crippen LogP contribution is 2.49. The third-order valence-corrected chi connectivity index (χ3v) is 11.0. The molecule has 0 spiro atoms. The van der Waals surface area contributed by atoms with Crippen molar-refractivity contribution in [1.82, 2.24) is 0 Å². The van der Waals surface area contributed by atoms with Crippen molar-refractivity contribution >= 4 is 40.5 Å². The second-order valence-electron chi connectivity index (χ2n) is 15.1. The minimum atomic E-state index is -2.02. The number of hydrogen-bond donors (Lipinski definition) is 5. The van der Waals surface area contributed by atoms with Crippen LogP contribution in [0.5, 0.6) is 11.5 Å². The Bertz CT molecular complexity index is 2100. The monoisotopic (exact) mass is 785 g/mol. The molecule has 0 radical (unpaired) electrons. The topological polar surface area (TPSA) is 216 Å². The highest BCUT2D eigenvalue weighted by molar-refractivity contribution is 6.57. The predicted molar refractivity (Wildman–Crippen MR) is 212 cm³/mol. The number of hydrogen-bond acceptors (Lipinski definition) is 13. The molecular weight excluding hydrogens is 734 g/mol. The molecule has 0 saturated carbocycles. The molecule has 14 nitrogen and oxygen atoms in total.